The summed E-state index contributed by atoms with van der Waals surface area (Å²) in [6.07, 6.45) is 5.17. The first-order chi connectivity index (χ1) is 7.04. The molecule has 0 spiro atoms. The average molecular weight is 202 g/mol. The van der Waals surface area contributed by atoms with Crippen LogP contribution in [0.1, 0.15) is 22.8 Å². The highest BCUT2D eigenvalue weighted by Crippen LogP contribution is 2.12. The lowest BCUT2D eigenvalue weighted by Crippen LogP contribution is -2.31. The van der Waals surface area contributed by atoms with Crippen LogP contribution in [-0.4, -0.2) is 11.9 Å². The molecule has 1 atom stereocenters. The topological polar surface area (TPSA) is 55.1 Å². The molecule has 0 radical (unpaired) electrons. The van der Waals surface area contributed by atoms with E-state index in [9.17, 15) is 4.79 Å². The van der Waals surface area contributed by atoms with Gasteiger partial charge in [-0.3, -0.25) is 4.79 Å². The highest BCUT2D eigenvalue weighted by Gasteiger charge is 2.08. The molecule has 78 valence electrons. The number of hydrogen-bond acceptors (Lipinski definition) is 2. The number of aryl methyl sites for hydroxylation is 1. The molecule has 3 N–H and O–H groups in total. The number of rotatable bonds is 2. The molecule has 1 unspecified atom stereocenters. The quantitative estimate of drug-likeness (QED) is 0.561. The number of carbonyl (C=O) groups excluding carboxylic acids is 1. The molecule has 0 saturated heterocycles. The number of benzene rings is 1. The van der Waals surface area contributed by atoms with Crippen LogP contribution in [0.15, 0.2) is 18.2 Å². The fraction of sp³-hybridized carbons (Fsp3) is 0.250. The Balaban J connectivity index is 2.84. The second kappa shape index (κ2) is 4.52. The molecule has 0 bridgehead atoms. The predicted molar refractivity (Wildman–Crippen MR) is 61.4 cm³/mol. The van der Waals surface area contributed by atoms with Crippen molar-refractivity contribution in [1.29, 1.82) is 0 Å². The molecule has 1 amide bonds. The molecule has 0 aliphatic rings. The minimum atomic E-state index is -0.268. The van der Waals surface area contributed by atoms with Crippen molar-refractivity contribution in [2.75, 3.05) is 5.73 Å². The first kappa shape index (κ1) is 11.1. The van der Waals surface area contributed by atoms with Gasteiger partial charge in [0.1, 0.15) is 0 Å². The minimum absolute atomic E-state index is 0.177. The summed E-state index contributed by atoms with van der Waals surface area (Å²) in [4.78, 5) is 11.6. The lowest BCUT2D eigenvalue weighted by Gasteiger charge is -2.08. The number of anilines is 1. The molecule has 0 aliphatic heterocycles. The summed E-state index contributed by atoms with van der Waals surface area (Å²) in [6.45, 7) is 3.61. The highest BCUT2D eigenvalue weighted by atomic mass is 16.1. The molecule has 15 heavy (non-hydrogen) atoms. The van der Waals surface area contributed by atoms with E-state index in [1.165, 1.54) is 0 Å². The van der Waals surface area contributed by atoms with Gasteiger partial charge < -0.3 is 11.1 Å². The number of nitrogens with one attached hydrogen (secondary N) is 1. The SMILES string of the molecule is C#CC(C)NC(=O)c1ccc(N)c(C)c1. The molecule has 0 saturated carbocycles. The summed E-state index contributed by atoms with van der Waals surface area (Å²) in [6, 6.07) is 4.87. The van der Waals surface area contributed by atoms with E-state index in [1.54, 1.807) is 25.1 Å². The Morgan fingerprint density at radius 1 is 1.60 bits per heavy atom. The molecule has 3 heteroatoms. The molecule has 1 aromatic carbocycles. The summed E-state index contributed by atoms with van der Waals surface area (Å²) >= 11 is 0. The fourth-order valence-corrected chi connectivity index (χ4v) is 1.14. The van der Waals surface area contributed by atoms with E-state index in [2.05, 4.69) is 11.2 Å². The van der Waals surface area contributed by atoms with Gasteiger partial charge in [0.05, 0.1) is 6.04 Å². The van der Waals surface area contributed by atoms with Gasteiger partial charge in [-0.1, -0.05) is 5.92 Å². The van der Waals surface area contributed by atoms with Gasteiger partial charge in [0.15, 0.2) is 0 Å². The number of nitrogens with two attached hydrogens (primary N) is 1. The third-order valence-corrected chi connectivity index (χ3v) is 2.13. The van der Waals surface area contributed by atoms with Gasteiger partial charge >= 0.3 is 0 Å². The zero-order chi connectivity index (χ0) is 11.4. The van der Waals surface area contributed by atoms with Crippen molar-refractivity contribution < 1.29 is 4.79 Å². The van der Waals surface area contributed by atoms with Crippen LogP contribution in [0.25, 0.3) is 0 Å². The van der Waals surface area contributed by atoms with E-state index in [0.29, 0.717) is 11.3 Å². The summed E-state index contributed by atoms with van der Waals surface area (Å²) < 4.78 is 0. The van der Waals surface area contributed by atoms with Crippen LogP contribution in [-0.2, 0) is 0 Å². The van der Waals surface area contributed by atoms with Gasteiger partial charge in [-0.25, -0.2) is 0 Å². The lowest BCUT2D eigenvalue weighted by atomic mass is 10.1. The normalized spacial score (nSPS) is 11.5. The van der Waals surface area contributed by atoms with Gasteiger partial charge in [-0.05, 0) is 37.6 Å². The Morgan fingerprint density at radius 2 is 2.27 bits per heavy atom. The maximum absolute atomic E-state index is 11.6. The maximum Gasteiger partial charge on any atom is 0.252 e. The maximum atomic E-state index is 11.6. The Labute approximate surface area is 89.7 Å². The first-order valence-corrected chi connectivity index (χ1v) is 4.67. The smallest absolute Gasteiger partial charge is 0.252 e. The van der Waals surface area contributed by atoms with Gasteiger partial charge in [0, 0.05) is 11.3 Å². The molecule has 0 aromatic heterocycles. The monoisotopic (exact) mass is 202 g/mol. The zero-order valence-electron chi connectivity index (χ0n) is 8.87. The van der Waals surface area contributed by atoms with Crippen molar-refractivity contribution >= 4 is 11.6 Å². The van der Waals surface area contributed by atoms with Crippen molar-refractivity contribution in [3.8, 4) is 12.3 Å². The molecule has 1 rings (SSSR count). The number of hydrogen-bond donors (Lipinski definition) is 2. The third kappa shape index (κ3) is 2.75. The Hall–Kier alpha value is -1.95. The van der Waals surface area contributed by atoms with Crippen molar-refractivity contribution in [2.24, 2.45) is 0 Å². The standard InChI is InChI=1S/C12H14N2O/c1-4-9(3)14-12(15)10-5-6-11(13)8(2)7-10/h1,5-7,9H,13H2,2-3H3,(H,14,15). The van der Waals surface area contributed by atoms with Gasteiger partial charge in [-0.15, -0.1) is 6.42 Å². The van der Waals surface area contributed by atoms with Crippen LogP contribution in [0.2, 0.25) is 0 Å². The van der Waals surface area contributed by atoms with Crippen LogP contribution >= 0.6 is 0 Å². The number of nitrogen functional groups attached to an aromatic ring is 1. The van der Waals surface area contributed by atoms with E-state index in [-0.39, 0.29) is 11.9 Å². The second-order valence-corrected chi connectivity index (χ2v) is 3.43. The summed E-state index contributed by atoms with van der Waals surface area (Å²) in [5.41, 5.74) is 7.79. The van der Waals surface area contributed by atoms with Crippen LogP contribution in [0.5, 0.6) is 0 Å². The van der Waals surface area contributed by atoms with Gasteiger partial charge in [0.25, 0.3) is 5.91 Å². The largest absolute Gasteiger partial charge is 0.399 e. The van der Waals surface area contributed by atoms with Gasteiger partial charge in [-0.2, -0.15) is 0 Å². The van der Waals surface area contributed by atoms with Crippen LogP contribution in [0.3, 0.4) is 0 Å². The number of carbonyl (C=O) groups is 1. The summed E-state index contributed by atoms with van der Waals surface area (Å²) in [7, 11) is 0. The van der Waals surface area contributed by atoms with Crippen molar-refractivity contribution in [3.63, 3.8) is 0 Å². The molecule has 3 nitrogen and oxygen atoms in total. The molecule has 0 aliphatic carbocycles. The van der Waals surface area contributed by atoms with Crippen molar-refractivity contribution in [1.82, 2.24) is 5.32 Å². The minimum Gasteiger partial charge on any atom is -0.399 e. The highest BCUT2D eigenvalue weighted by molar-refractivity contribution is 5.95. The molecular formula is C12H14N2O. The molecule has 0 fully saturated rings. The van der Waals surface area contributed by atoms with Crippen molar-refractivity contribution in [3.05, 3.63) is 29.3 Å². The molecule has 0 heterocycles. The van der Waals surface area contributed by atoms with E-state index in [1.807, 2.05) is 6.92 Å². The number of amides is 1. The second-order valence-electron chi connectivity index (χ2n) is 3.43. The first-order valence-electron chi connectivity index (χ1n) is 4.67. The zero-order valence-corrected chi connectivity index (χ0v) is 8.87. The van der Waals surface area contributed by atoms with Gasteiger partial charge in [0.2, 0.25) is 0 Å². The van der Waals surface area contributed by atoms with E-state index >= 15 is 0 Å². The van der Waals surface area contributed by atoms with Crippen LogP contribution in [0.4, 0.5) is 5.69 Å². The van der Waals surface area contributed by atoms with E-state index < -0.39 is 0 Å². The fourth-order valence-electron chi connectivity index (χ4n) is 1.14. The van der Waals surface area contributed by atoms with Crippen molar-refractivity contribution in [2.45, 2.75) is 19.9 Å². The average Bonchev–Trinajstić information content (AvgIpc) is 2.21. The Bertz CT molecular complexity index is 418. The Morgan fingerprint density at radius 3 is 2.80 bits per heavy atom. The van der Waals surface area contributed by atoms with E-state index in [0.717, 1.165) is 5.56 Å². The van der Waals surface area contributed by atoms with Crippen LogP contribution < -0.4 is 11.1 Å². The lowest BCUT2D eigenvalue weighted by molar-refractivity contribution is 0.0948. The summed E-state index contributed by atoms with van der Waals surface area (Å²) in [5.74, 6) is 2.26. The molecular weight excluding hydrogens is 188 g/mol. The molecule has 1 aromatic rings. The third-order valence-electron chi connectivity index (χ3n) is 2.13. The van der Waals surface area contributed by atoms with Crippen LogP contribution in [0, 0.1) is 19.3 Å². The summed E-state index contributed by atoms with van der Waals surface area (Å²) in [5, 5.41) is 2.68. The van der Waals surface area contributed by atoms with E-state index in [4.69, 9.17) is 12.2 Å². The predicted octanol–water partition coefficient (Wildman–Crippen LogP) is 1.33. The number of terminal acetylenes is 1. The Kier molecular flexibility index (Phi) is 3.35.